The van der Waals surface area contributed by atoms with Crippen LogP contribution in [0.1, 0.15) is 12.0 Å². The number of benzene rings is 3. The maximum Gasteiger partial charge on any atom is 0.312 e. The molecule has 1 aromatic heterocycles. The molecule has 3 aromatic carbocycles. The summed E-state index contributed by atoms with van der Waals surface area (Å²) in [5.41, 5.74) is 1.62. The van der Waals surface area contributed by atoms with E-state index in [1.807, 2.05) is 6.92 Å². The Kier molecular flexibility index (Phi) is 6.58. The third-order valence-corrected chi connectivity index (χ3v) is 6.56. The summed E-state index contributed by atoms with van der Waals surface area (Å²) in [6, 6.07) is 16.1. The van der Waals surface area contributed by atoms with E-state index in [2.05, 4.69) is 4.72 Å². The Morgan fingerprint density at radius 2 is 1.74 bits per heavy atom. The largest absolute Gasteiger partial charge is 0.463 e. The molecule has 4 rings (SSSR count). The number of fused-ring (bicyclic) bond motifs is 1. The summed E-state index contributed by atoms with van der Waals surface area (Å²) in [5, 5.41) is 0.271. The van der Waals surface area contributed by atoms with Crippen LogP contribution in [0.4, 0.5) is 4.39 Å². The molecule has 9 heteroatoms. The van der Waals surface area contributed by atoms with Gasteiger partial charge < -0.3 is 9.15 Å². The summed E-state index contributed by atoms with van der Waals surface area (Å²) >= 11 is 0. The second-order valence-corrected chi connectivity index (χ2v) is 9.35. The zero-order valence-corrected chi connectivity index (χ0v) is 18.9. The lowest BCUT2D eigenvalue weighted by Gasteiger charge is -2.08. The van der Waals surface area contributed by atoms with E-state index in [0.717, 1.165) is 5.56 Å². The lowest BCUT2D eigenvalue weighted by Crippen LogP contribution is -2.27. The second-order valence-electron chi connectivity index (χ2n) is 7.58. The monoisotopic (exact) mass is 481 g/mol. The van der Waals surface area contributed by atoms with Crippen molar-refractivity contribution in [3.05, 3.63) is 94.6 Å². The minimum absolute atomic E-state index is 0.107. The van der Waals surface area contributed by atoms with Crippen LogP contribution in [0.3, 0.4) is 0 Å². The van der Waals surface area contributed by atoms with Crippen molar-refractivity contribution in [3.63, 3.8) is 0 Å². The molecule has 0 fully saturated rings. The zero-order chi connectivity index (χ0) is 24.3. The van der Waals surface area contributed by atoms with Gasteiger partial charge in [0.15, 0.2) is 5.43 Å². The van der Waals surface area contributed by atoms with Gasteiger partial charge in [-0.15, -0.1) is 0 Å². The predicted molar refractivity (Wildman–Crippen MR) is 124 cm³/mol. The number of esters is 1. The van der Waals surface area contributed by atoms with Crippen LogP contribution >= 0.6 is 0 Å². The molecule has 0 aliphatic carbocycles. The first kappa shape index (κ1) is 23.3. The molecule has 7 nitrogen and oxygen atoms in total. The molecule has 0 aliphatic heterocycles. The van der Waals surface area contributed by atoms with Gasteiger partial charge in [0.1, 0.15) is 23.4 Å². The van der Waals surface area contributed by atoms with E-state index in [4.69, 9.17) is 9.15 Å². The molecule has 1 N–H and O–H groups in total. The summed E-state index contributed by atoms with van der Waals surface area (Å²) < 4.78 is 50.9. The Morgan fingerprint density at radius 3 is 2.44 bits per heavy atom. The molecule has 4 aromatic rings. The van der Waals surface area contributed by atoms with Gasteiger partial charge in [-0.25, -0.2) is 17.5 Å². The number of sulfonamides is 1. The maximum atomic E-state index is 13.2. The molecule has 0 unspecified atom stereocenters. The molecular weight excluding hydrogens is 461 g/mol. The molecule has 0 amide bonds. The van der Waals surface area contributed by atoms with E-state index in [1.54, 1.807) is 12.1 Å². The molecular formula is C25H20FNO6S. The van der Waals surface area contributed by atoms with Crippen LogP contribution in [-0.2, 0) is 14.8 Å². The average molecular weight is 482 g/mol. The van der Waals surface area contributed by atoms with Gasteiger partial charge in [0, 0.05) is 12.6 Å². The summed E-state index contributed by atoms with van der Waals surface area (Å²) in [5.74, 6) is -0.920. The Morgan fingerprint density at radius 1 is 1.03 bits per heavy atom. The topological polar surface area (TPSA) is 103 Å². The number of aryl methyl sites for hydroxylation is 1. The average Bonchev–Trinajstić information content (AvgIpc) is 2.80. The highest BCUT2D eigenvalue weighted by Gasteiger charge is 2.15. The number of ether oxygens (including phenoxy) is 1. The Balaban J connectivity index is 1.41. The van der Waals surface area contributed by atoms with Crippen LogP contribution in [0, 0.1) is 12.7 Å². The third kappa shape index (κ3) is 5.22. The summed E-state index contributed by atoms with van der Waals surface area (Å²) in [7, 11) is -3.74. The number of nitrogens with one attached hydrogen (secondary N) is 1. The molecule has 0 saturated carbocycles. The third-order valence-electron chi connectivity index (χ3n) is 5.09. The highest BCUT2D eigenvalue weighted by molar-refractivity contribution is 7.89. The standard InChI is InChI=1S/C25H20FNO6S/c1-16-2-9-20(10-3-16)34(30,31)27-13-12-24(28)33-19-8-11-21-23(14-19)32-15-22(25(21)29)17-4-6-18(26)7-5-17/h2-11,14-15,27H,12-13H2,1H3. The van der Waals surface area contributed by atoms with Crippen molar-refractivity contribution in [3.8, 4) is 16.9 Å². The van der Waals surface area contributed by atoms with Gasteiger partial charge in [0.2, 0.25) is 10.0 Å². The van der Waals surface area contributed by atoms with Gasteiger partial charge in [-0.1, -0.05) is 29.8 Å². The van der Waals surface area contributed by atoms with Gasteiger partial charge in [-0.3, -0.25) is 9.59 Å². The minimum atomic E-state index is -3.74. The molecule has 0 aliphatic rings. The number of halogens is 1. The second kappa shape index (κ2) is 9.58. The SMILES string of the molecule is Cc1ccc(S(=O)(=O)NCCC(=O)Oc2ccc3c(=O)c(-c4ccc(F)cc4)coc3c2)cc1. The summed E-state index contributed by atoms with van der Waals surface area (Å²) in [6.45, 7) is 1.71. The van der Waals surface area contributed by atoms with Crippen molar-refractivity contribution >= 4 is 27.0 Å². The van der Waals surface area contributed by atoms with Gasteiger partial charge in [0.25, 0.3) is 0 Å². The fraction of sp³-hybridized carbons (Fsp3) is 0.120. The van der Waals surface area contributed by atoms with E-state index in [1.165, 1.54) is 60.9 Å². The molecule has 0 spiro atoms. The first-order chi connectivity index (χ1) is 16.2. The minimum Gasteiger partial charge on any atom is -0.463 e. The van der Waals surface area contributed by atoms with Gasteiger partial charge in [0.05, 0.1) is 22.3 Å². The van der Waals surface area contributed by atoms with Crippen LogP contribution in [0.15, 0.2) is 87.1 Å². The quantitative estimate of drug-likeness (QED) is 0.314. The van der Waals surface area contributed by atoms with Crippen molar-refractivity contribution in [2.75, 3.05) is 6.54 Å². The highest BCUT2D eigenvalue weighted by Crippen LogP contribution is 2.23. The molecule has 0 saturated heterocycles. The molecule has 34 heavy (non-hydrogen) atoms. The van der Waals surface area contributed by atoms with Crippen molar-refractivity contribution in [1.29, 1.82) is 0 Å². The van der Waals surface area contributed by atoms with Crippen LogP contribution in [0.5, 0.6) is 5.75 Å². The highest BCUT2D eigenvalue weighted by atomic mass is 32.2. The van der Waals surface area contributed by atoms with E-state index >= 15 is 0 Å². The summed E-state index contributed by atoms with van der Waals surface area (Å²) in [4.78, 5) is 25.1. The molecule has 174 valence electrons. The maximum absolute atomic E-state index is 13.2. The van der Waals surface area contributed by atoms with E-state index in [-0.39, 0.29) is 45.6 Å². The number of hydrogen-bond donors (Lipinski definition) is 1. The molecule has 0 atom stereocenters. The Bertz CT molecular complexity index is 1510. The lowest BCUT2D eigenvalue weighted by molar-refractivity contribution is -0.134. The molecule has 1 heterocycles. The van der Waals surface area contributed by atoms with Crippen molar-refractivity contribution in [2.45, 2.75) is 18.2 Å². The number of rotatable bonds is 7. The van der Waals surface area contributed by atoms with E-state index in [9.17, 15) is 22.4 Å². The van der Waals surface area contributed by atoms with E-state index < -0.39 is 21.8 Å². The molecule has 0 radical (unpaired) electrons. The molecule has 0 bridgehead atoms. The summed E-state index contributed by atoms with van der Waals surface area (Å²) in [6.07, 6.45) is 1.07. The van der Waals surface area contributed by atoms with Crippen molar-refractivity contribution < 1.29 is 26.8 Å². The van der Waals surface area contributed by atoms with Crippen LogP contribution in [-0.4, -0.2) is 20.9 Å². The zero-order valence-electron chi connectivity index (χ0n) is 18.1. The Hall–Kier alpha value is -3.82. The predicted octanol–water partition coefficient (Wildman–Crippen LogP) is 4.18. The lowest BCUT2D eigenvalue weighted by atomic mass is 10.1. The van der Waals surface area contributed by atoms with Gasteiger partial charge in [-0.05, 0) is 48.9 Å². The number of carbonyl (C=O) groups is 1. The number of carbonyl (C=O) groups excluding carboxylic acids is 1. The van der Waals surface area contributed by atoms with E-state index in [0.29, 0.717) is 5.56 Å². The van der Waals surface area contributed by atoms with Crippen molar-refractivity contribution in [2.24, 2.45) is 0 Å². The van der Waals surface area contributed by atoms with Gasteiger partial charge >= 0.3 is 5.97 Å². The van der Waals surface area contributed by atoms with Crippen molar-refractivity contribution in [1.82, 2.24) is 4.72 Å². The fourth-order valence-electron chi connectivity index (χ4n) is 3.27. The number of hydrogen-bond acceptors (Lipinski definition) is 6. The van der Waals surface area contributed by atoms with Crippen LogP contribution in [0.25, 0.3) is 22.1 Å². The fourth-order valence-corrected chi connectivity index (χ4v) is 4.30. The smallest absolute Gasteiger partial charge is 0.312 e. The van der Waals surface area contributed by atoms with Crippen LogP contribution in [0.2, 0.25) is 0 Å². The first-order valence-corrected chi connectivity index (χ1v) is 11.8. The normalized spacial score (nSPS) is 11.5. The van der Waals surface area contributed by atoms with Crippen LogP contribution < -0.4 is 14.9 Å². The first-order valence-electron chi connectivity index (χ1n) is 10.3. The van der Waals surface area contributed by atoms with Gasteiger partial charge in [-0.2, -0.15) is 0 Å². The Labute approximate surface area is 194 Å².